The lowest BCUT2D eigenvalue weighted by Gasteiger charge is -2.31. The van der Waals surface area contributed by atoms with Gasteiger partial charge in [-0.2, -0.15) is 9.78 Å². The van der Waals surface area contributed by atoms with E-state index in [0.29, 0.717) is 22.6 Å². The molecule has 1 aliphatic rings. The van der Waals surface area contributed by atoms with Crippen LogP contribution in [0, 0.1) is 10.8 Å². The number of benzene rings is 2. The van der Waals surface area contributed by atoms with Gasteiger partial charge in [0.2, 0.25) is 0 Å². The van der Waals surface area contributed by atoms with E-state index in [1.807, 2.05) is 55.4 Å². The maximum absolute atomic E-state index is 13.6. The third-order valence-electron chi connectivity index (χ3n) is 5.56. The molecule has 2 aromatic carbocycles. The average Bonchev–Trinajstić information content (AvgIpc) is 2.82. The lowest BCUT2D eigenvalue weighted by Crippen LogP contribution is -2.32. The summed E-state index contributed by atoms with van der Waals surface area (Å²) in [7, 11) is 0. The van der Waals surface area contributed by atoms with E-state index in [4.69, 9.17) is 19.6 Å². The van der Waals surface area contributed by atoms with Gasteiger partial charge < -0.3 is 9.78 Å². The third-order valence-corrected chi connectivity index (χ3v) is 5.56. The Morgan fingerprint density at radius 3 is 1.19 bits per heavy atom. The van der Waals surface area contributed by atoms with Crippen molar-refractivity contribution < 1.29 is 29.1 Å². The Hall–Kier alpha value is -3.22. The van der Waals surface area contributed by atoms with Crippen LogP contribution in [0.15, 0.2) is 72.8 Å². The molecule has 2 aromatic rings. The lowest BCUT2D eigenvalue weighted by atomic mass is 9.70. The quantitative estimate of drug-likeness (QED) is 0.169. The first-order valence-corrected chi connectivity index (χ1v) is 12.0. The standard InChI is InChI=1S/C30H36O6/c1-27(2,3)35-33-23-15-11-9-13-21(23)25(31)29(7)17-19-30(8,20-18-29)26(32)22-14-10-12-16-24(22)34-36-28(4,5)6/h9-20H,1-8H3. The highest BCUT2D eigenvalue weighted by atomic mass is 17.2. The van der Waals surface area contributed by atoms with Gasteiger partial charge in [0.15, 0.2) is 23.1 Å². The number of hydrogen-bond donors (Lipinski definition) is 0. The molecular formula is C30H36O6. The molecule has 0 bridgehead atoms. The molecule has 6 heteroatoms. The molecule has 0 spiro atoms. The molecule has 0 radical (unpaired) electrons. The maximum Gasteiger partial charge on any atom is 0.180 e. The smallest absolute Gasteiger partial charge is 0.180 e. The van der Waals surface area contributed by atoms with Gasteiger partial charge in [-0.15, -0.1) is 0 Å². The fraction of sp³-hybridized carbons (Fsp3) is 0.400. The molecule has 0 saturated carbocycles. The lowest BCUT2D eigenvalue weighted by molar-refractivity contribution is -0.274. The van der Waals surface area contributed by atoms with Crippen LogP contribution in [-0.2, 0) is 9.78 Å². The number of carbonyl (C=O) groups excluding carboxylic acids is 2. The third kappa shape index (κ3) is 6.50. The van der Waals surface area contributed by atoms with Crippen LogP contribution in [0.1, 0.15) is 76.1 Å². The predicted octanol–water partition coefficient (Wildman–Crippen LogP) is 7.11. The summed E-state index contributed by atoms with van der Waals surface area (Å²) in [6.07, 6.45) is 7.07. The van der Waals surface area contributed by atoms with E-state index >= 15 is 0 Å². The fourth-order valence-corrected chi connectivity index (χ4v) is 3.48. The van der Waals surface area contributed by atoms with Crippen molar-refractivity contribution in [2.75, 3.05) is 0 Å². The van der Waals surface area contributed by atoms with Crippen LogP contribution in [-0.4, -0.2) is 22.8 Å². The zero-order chi connectivity index (χ0) is 26.8. The Labute approximate surface area is 213 Å². The van der Waals surface area contributed by atoms with Gasteiger partial charge in [0, 0.05) is 0 Å². The molecule has 0 saturated heterocycles. The summed E-state index contributed by atoms with van der Waals surface area (Å²) < 4.78 is 0. The van der Waals surface area contributed by atoms with E-state index in [0.717, 1.165) is 0 Å². The summed E-state index contributed by atoms with van der Waals surface area (Å²) in [5.41, 5.74) is -2.22. The summed E-state index contributed by atoms with van der Waals surface area (Å²) >= 11 is 0. The zero-order valence-corrected chi connectivity index (χ0v) is 22.4. The molecular weight excluding hydrogens is 456 g/mol. The van der Waals surface area contributed by atoms with Crippen molar-refractivity contribution in [3.05, 3.63) is 84.0 Å². The number of Topliss-reactive ketones (excluding diaryl/α,β-unsaturated/α-hetero) is 2. The highest BCUT2D eigenvalue weighted by Crippen LogP contribution is 2.40. The van der Waals surface area contributed by atoms with E-state index in [-0.39, 0.29) is 11.6 Å². The van der Waals surface area contributed by atoms with Crippen molar-refractivity contribution in [3.63, 3.8) is 0 Å². The van der Waals surface area contributed by atoms with E-state index < -0.39 is 22.0 Å². The molecule has 0 N–H and O–H groups in total. The minimum absolute atomic E-state index is 0.167. The van der Waals surface area contributed by atoms with Crippen LogP contribution in [0.5, 0.6) is 11.5 Å². The highest BCUT2D eigenvalue weighted by molar-refractivity contribution is 6.07. The number of rotatable bonds is 8. The molecule has 1 aliphatic carbocycles. The summed E-state index contributed by atoms with van der Waals surface area (Å²) in [5, 5.41) is 0. The van der Waals surface area contributed by atoms with Crippen molar-refractivity contribution in [2.24, 2.45) is 10.8 Å². The number of allylic oxidation sites excluding steroid dienone is 4. The van der Waals surface area contributed by atoms with Crippen molar-refractivity contribution in [1.29, 1.82) is 0 Å². The van der Waals surface area contributed by atoms with Gasteiger partial charge >= 0.3 is 0 Å². The first kappa shape index (κ1) is 27.4. The van der Waals surface area contributed by atoms with E-state index in [1.165, 1.54) is 0 Å². The van der Waals surface area contributed by atoms with Crippen LogP contribution in [0.4, 0.5) is 0 Å². The van der Waals surface area contributed by atoms with E-state index in [9.17, 15) is 9.59 Å². The van der Waals surface area contributed by atoms with Crippen LogP contribution in [0.3, 0.4) is 0 Å². The number of hydrogen-bond acceptors (Lipinski definition) is 6. The van der Waals surface area contributed by atoms with Gasteiger partial charge in [0.1, 0.15) is 11.2 Å². The second kappa shape index (κ2) is 10.0. The van der Waals surface area contributed by atoms with Gasteiger partial charge in [-0.3, -0.25) is 9.59 Å². The summed E-state index contributed by atoms with van der Waals surface area (Å²) in [5.74, 6) is 0.351. The van der Waals surface area contributed by atoms with Crippen LogP contribution < -0.4 is 9.78 Å². The maximum atomic E-state index is 13.6. The molecule has 0 amide bonds. The molecule has 192 valence electrons. The van der Waals surface area contributed by atoms with Crippen molar-refractivity contribution in [2.45, 2.75) is 66.6 Å². The molecule has 0 fully saturated rings. The zero-order valence-electron chi connectivity index (χ0n) is 22.4. The molecule has 0 atom stereocenters. The van der Waals surface area contributed by atoms with Gasteiger partial charge in [-0.05, 0) is 79.7 Å². The monoisotopic (exact) mass is 492 g/mol. The van der Waals surface area contributed by atoms with Gasteiger partial charge in [0.05, 0.1) is 22.0 Å². The average molecular weight is 493 g/mol. The highest BCUT2D eigenvalue weighted by Gasteiger charge is 2.39. The van der Waals surface area contributed by atoms with Gasteiger partial charge in [0.25, 0.3) is 0 Å². The van der Waals surface area contributed by atoms with Gasteiger partial charge in [-0.25, -0.2) is 0 Å². The van der Waals surface area contributed by atoms with Crippen molar-refractivity contribution in [3.8, 4) is 11.5 Å². The Balaban J connectivity index is 1.84. The topological polar surface area (TPSA) is 71.1 Å². The molecule has 6 nitrogen and oxygen atoms in total. The summed E-state index contributed by atoms with van der Waals surface area (Å²) in [6, 6.07) is 13.9. The van der Waals surface area contributed by atoms with E-state index in [2.05, 4.69) is 0 Å². The Morgan fingerprint density at radius 2 is 0.889 bits per heavy atom. The van der Waals surface area contributed by atoms with Crippen molar-refractivity contribution in [1.82, 2.24) is 0 Å². The second-order valence-electron chi connectivity index (χ2n) is 11.4. The Kier molecular flexibility index (Phi) is 7.63. The Morgan fingerprint density at radius 1 is 0.583 bits per heavy atom. The largest absolute Gasteiger partial charge is 0.336 e. The molecule has 0 heterocycles. The summed E-state index contributed by atoms with van der Waals surface area (Å²) in [6.45, 7) is 14.8. The second-order valence-corrected chi connectivity index (χ2v) is 11.4. The molecule has 0 aliphatic heterocycles. The first-order valence-electron chi connectivity index (χ1n) is 12.0. The first-order chi connectivity index (χ1) is 16.6. The number of para-hydroxylation sites is 2. The summed E-state index contributed by atoms with van der Waals surface area (Å²) in [4.78, 5) is 49.1. The minimum Gasteiger partial charge on any atom is -0.336 e. The molecule has 0 unspecified atom stereocenters. The van der Waals surface area contributed by atoms with Crippen LogP contribution in [0.25, 0.3) is 0 Å². The van der Waals surface area contributed by atoms with Gasteiger partial charge in [-0.1, -0.05) is 48.6 Å². The number of carbonyl (C=O) groups is 2. The number of ketones is 2. The van der Waals surface area contributed by atoms with E-state index in [1.54, 1.807) is 72.8 Å². The Bertz CT molecular complexity index is 1070. The van der Waals surface area contributed by atoms with Crippen molar-refractivity contribution >= 4 is 11.6 Å². The van der Waals surface area contributed by atoms with Crippen LogP contribution >= 0.6 is 0 Å². The minimum atomic E-state index is -0.966. The molecule has 0 aromatic heterocycles. The SMILES string of the molecule is CC(C)(C)OOc1ccccc1C(=O)C1(C)C=CC(C)(C(=O)c2ccccc2OOC(C)(C)C)C=C1. The van der Waals surface area contributed by atoms with Crippen LogP contribution in [0.2, 0.25) is 0 Å². The molecule has 36 heavy (non-hydrogen) atoms. The fourth-order valence-electron chi connectivity index (χ4n) is 3.48. The predicted molar refractivity (Wildman–Crippen MR) is 139 cm³/mol. The normalized spacial score (nSPS) is 21.8. The molecule has 3 rings (SSSR count).